The zero-order chi connectivity index (χ0) is 13.5. The van der Waals surface area contributed by atoms with Crippen LogP contribution in [0.5, 0.6) is 5.75 Å². The molecule has 4 heteroatoms. The third-order valence-electron chi connectivity index (χ3n) is 2.73. The molecule has 0 fully saturated rings. The van der Waals surface area contributed by atoms with E-state index in [1.165, 1.54) is 5.56 Å². The van der Waals surface area contributed by atoms with Gasteiger partial charge in [-0.1, -0.05) is 15.9 Å². The predicted molar refractivity (Wildman–Crippen MR) is 80.3 cm³/mol. The maximum Gasteiger partial charge on any atom is 0.125 e. The van der Waals surface area contributed by atoms with Crippen LogP contribution in [-0.2, 0) is 6.42 Å². The highest BCUT2D eigenvalue weighted by molar-refractivity contribution is 9.10. The van der Waals surface area contributed by atoms with Crippen LogP contribution in [0, 0.1) is 6.92 Å². The number of hydrogen-bond acceptors (Lipinski definition) is 3. The second kappa shape index (κ2) is 7.77. The number of hydrogen-bond donors (Lipinski definition) is 1. The second-order valence-corrected chi connectivity index (χ2v) is 5.67. The molecule has 0 bridgehead atoms. The van der Waals surface area contributed by atoms with E-state index in [1.54, 1.807) is 0 Å². The summed E-state index contributed by atoms with van der Waals surface area (Å²) >= 11 is 3.51. The quantitative estimate of drug-likeness (QED) is 0.786. The van der Waals surface area contributed by atoms with E-state index in [0.717, 1.165) is 41.8 Å². The molecule has 1 aromatic carbocycles. The normalized spacial score (nSPS) is 11.0. The van der Waals surface area contributed by atoms with Gasteiger partial charge in [0, 0.05) is 11.0 Å². The molecule has 0 aromatic heterocycles. The SMILES string of the molecule is Cc1cc(Br)cc(CCN)c1OCCCN(C)C. The van der Waals surface area contributed by atoms with Crippen LogP contribution in [0.1, 0.15) is 17.5 Å². The van der Waals surface area contributed by atoms with Gasteiger partial charge in [0.05, 0.1) is 6.61 Å². The van der Waals surface area contributed by atoms with Gasteiger partial charge in [-0.15, -0.1) is 0 Å². The van der Waals surface area contributed by atoms with Crippen molar-refractivity contribution in [3.05, 3.63) is 27.7 Å². The molecule has 0 aliphatic rings. The summed E-state index contributed by atoms with van der Waals surface area (Å²) in [6.45, 7) is 4.51. The maximum atomic E-state index is 5.92. The Bertz CT molecular complexity index is 380. The van der Waals surface area contributed by atoms with Gasteiger partial charge < -0.3 is 15.4 Å². The first-order valence-electron chi connectivity index (χ1n) is 6.31. The molecule has 0 radical (unpaired) electrons. The summed E-state index contributed by atoms with van der Waals surface area (Å²) in [6, 6.07) is 4.18. The van der Waals surface area contributed by atoms with E-state index in [1.807, 2.05) is 0 Å². The Morgan fingerprint density at radius 1 is 1.33 bits per heavy atom. The van der Waals surface area contributed by atoms with Crippen LogP contribution in [0.2, 0.25) is 0 Å². The van der Waals surface area contributed by atoms with Gasteiger partial charge in [0.25, 0.3) is 0 Å². The lowest BCUT2D eigenvalue weighted by molar-refractivity contribution is 0.278. The summed E-state index contributed by atoms with van der Waals surface area (Å²) in [6.07, 6.45) is 1.88. The maximum absolute atomic E-state index is 5.92. The fourth-order valence-electron chi connectivity index (χ4n) is 1.90. The van der Waals surface area contributed by atoms with E-state index >= 15 is 0 Å². The van der Waals surface area contributed by atoms with E-state index in [9.17, 15) is 0 Å². The zero-order valence-corrected chi connectivity index (χ0v) is 13.1. The highest BCUT2D eigenvalue weighted by atomic mass is 79.9. The van der Waals surface area contributed by atoms with Crippen molar-refractivity contribution >= 4 is 15.9 Å². The van der Waals surface area contributed by atoms with Crippen LogP contribution < -0.4 is 10.5 Å². The summed E-state index contributed by atoms with van der Waals surface area (Å²) in [4.78, 5) is 2.17. The van der Waals surface area contributed by atoms with Crippen LogP contribution >= 0.6 is 15.9 Å². The Kier molecular flexibility index (Phi) is 6.68. The molecule has 0 saturated heterocycles. The average molecular weight is 315 g/mol. The second-order valence-electron chi connectivity index (χ2n) is 4.75. The van der Waals surface area contributed by atoms with Crippen LogP contribution in [0.25, 0.3) is 0 Å². The molecule has 3 nitrogen and oxygen atoms in total. The van der Waals surface area contributed by atoms with E-state index in [0.29, 0.717) is 6.54 Å². The van der Waals surface area contributed by atoms with Gasteiger partial charge in [0.1, 0.15) is 5.75 Å². The Labute approximate surface area is 118 Å². The highest BCUT2D eigenvalue weighted by Crippen LogP contribution is 2.28. The van der Waals surface area contributed by atoms with Crippen LogP contribution in [0.15, 0.2) is 16.6 Å². The lowest BCUT2D eigenvalue weighted by atomic mass is 10.1. The number of rotatable bonds is 7. The molecular formula is C14H23BrN2O. The minimum absolute atomic E-state index is 0.643. The average Bonchev–Trinajstić information content (AvgIpc) is 2.26. The minimum atomic E-state index is 0.643. The lowest BCUT2D eigenvalue weighted by Gasteiger charge is -2.15. The largest absolute Gasteiger partial charge is 0.493 e. The van der Waals surface area contributed by atoms with Crippen LogP contribution in [0.4, 0.5) is 0 Å². The standard InChI is InChI=1S/C14H23BrN2O/c1-11-9-13(15)10-12(5-6-16)14(11)18-8-4-7-17(2)3/h9-10H,4-8,16H2,1-3H3. The van der Waals surface area contributed by atoms with Crippen LogP contribution in [-0.4, -0.2) is 38.7 Å². The summed E-state index contributed by atoms with van der Waals surface area (Å²) in [5.74, 6) is 1.00. The molecule has 0 amide bonds. The topological polar surface area (TPSA) is 38.5 Å². The Morgan fingerprint density at radius 2 is 2.06 bits per heavy atom. The van der Waals surface area contributed by atoms with Crippen molar-refractivity contribution in [3.63, 3.8) is 0 Å². The molecule has 18 heavy (non-hydrogen) atoms. The van der Waals surface area contributed by atoms with Crippen molar-refractivity contribution in [2.75, 3.05) is 33.8 Å². The molecule has 0 spiro atoms. The van der Waals surface area contributed by atoms with E-state index in [4.69, 9.17) is 10.5 Å². The van der Waals surface area contributed by atoms with Gasteiger partial charge in [-0.3, -0.25) is 0 Å². The fourth-order valence-corrected chi connectivity index (χ4v) is 2.52. The molecule has 1 aromatic rings. The first-order chi connectivity index (χ1) is 8.54. The van der Waals surface area contributed by atoms with Gasteiger partial charge >= 0.3 is 0 Å². The summed E-state index contributed by atoms with van der Waals surface area (Å²) in [5, 5.41) is 0. The van der Waals surface area contributed by atoms with Gasteiger partial charge in [-0.05, 0) is 63.7 Å². The third-order valence-corrected chi connectivity index (χ3v) is 3.18. The van der Waals surface area contributed by atoms with Gasteiger partial charge in [-0.2, -0.15) is 0 Å². The molecule has 0 heterocycles. The Morgan fingerprint density at radius 3 is 2.67 bits per heavy atom. The van der Waals surface area contributed by atoms with E-state index in [2.05, 4.69) is 54.0 Å². The van der Waals surface area contributed by atoms with Gasteiger partial charge in [-0.25, -0.2) is 0 Å². The number of nitrogens with zero attached hydrogens (tertiary/aromatic N) is 1. The molecular weight excluding hydrogens is 292 g/mol. The van der Waals surface area contributed by atoms with E-state index in [-0.39, 0.29) is 0 Å². The van der Waals surface area contributed by atoms with Crippen molar-refractivity contribution in [2.24, 2.45) is 5.73 Å². The molecule has 0 atom stereocenters. The third kappa shape index (κ3) is 4.96. The minimum Gasteiger partial charge on any atom is -0.493 e. The number of benzene rings is 1. The molecule has 0 saturated carbocycles. The number of ether oxygens (including phenoxy) is 1. The summed E-state index contributed by atoms with van der Waals surface area (Å²) < 4.78 is 7.01. The number of halogens is 1. The zero-order valence-electron chi connectivity index (χ0n) is 11.5. The summed E-state index contributed by atoms with van der Waals surface area (Å²) in [5.41, 5.74) is 8.00. The van der Waals surface area contributed by atoms with E-state index < -0.39 is 0 Å². The molecule has 0 aliphatic carbocycles. The van der Waals surface area contributed by atoms with Crippen molar-refractivity contribution < 1.29 is 4.74 Å². The van der Waals surface area contributed by atoms with Gasteiger partial charge in [0.2, 0.25) is 0 Å². The molecule has 0 unspecified atom stereocenters. The monoisotopic (exact) mass is 314 g/mol. The van der Waals surface area contributed by atoms with Gasteiger partial charge in [0.15, 0.2) is 0 Å². The van der Waals surface area contributed by atoms with Crippen molar-refractivity contribution in [2.45, 2.75) is 19.8 Å². The number of nitrogens with two attached hydrogens (primary N) is 1. The van der Waals surface area contributed by atoms with Crippen molar-refractivity contribution in [1.82, 2.24) is 4.90 Å². The highest BCUT2D eigenvalue weighted by Gasteiger charge is 2.08. The Balaban J connectivity index is 2.67. The lowest BCUT2D eigenvalue weighted by Crippen LogP contribution is -2.16. The summed E-state index contributed by atoms with van der Waals surface area (Å²) in [7, 11) is 4.15. The molecule has 0 aliphatic heterocycles. The first-order valence-corrected chi connectivity index (χ1v) is 7.10. The molecule has 102 valence electrons. The van der Waals surface area contributed by atoms with Crippen molar-refractivity contribution in [1.29, 1.82) is 0 Å². The predicted octanol–water partition coefficient (Wildman–Crippen LogP) is 2.59. The fraction of sp³-hybridized carbons (Fsp3) is 0.571. The smallest absolute Gasteiger partial charge is 0.125 e. The Hall–Kier alpha value is -0.580. The van der Waals surface area contributed by atoms with Crippen LogP contribution in [0.3, 0.4) is 0 Å². The molecule has 1 rings (SSSR count). The van der Waals surface area contributed by atoms with Crippen molar-refractivity contribution in [3.8, 4) is 5.75 Å². The molecule has 2 N–H and O–H groups in total. The number of aryl methyl sites for hydroxylation is 1. The first kappa shape index (κ1) is 15.5.